The number of rotatable bonds is 5. The molecule has 100 valence electrons. The van der Waals surface area contributed by atoms with Crippen LogP contribution in [0.3, 0.4) is 0 Å². The molecule has 0 aliphatic heterocycles. The van der Waals surface area contributed by atoms with E-state index in [9.17, 15) is 0 Å². The predicted molar refractivity (Wildman–Crippen MR) is 81.1 cm³/mol. The molecule has 0 heterocycles. The van der Waals surface area contributed by atoms with Crippen LogP contribution in [-0.2, 0) is 0 Å². The van der Waals surface area contributed by atoms with Gasteiger partial charge in [0.1, 0.15) is 5.75 Å². The van der Waals surface area contributed by atoms with E-state index in [4.69, 9.17) is 16.3 Å². The summed E-state index contributed by atoms with van der Waals surface area (Å²) in [6.45, 7) is 4.80. The van der Waals surface area contributed by atoms with Crippen LogP contribution in [0.5, 0.6) is 5.75 Å². The van der Waals surface area contributed by atoms with E-state index in [0.717, 1.165) is 16.5 Å². The van der Waals surface area contributed by atoms with E-state index in [1.165, 1.54) is 5.56 Å². The Morgan fingerprint density at radius 3 is 2.53 bits per heavy atom. The minimum atomic E-state index is 0.217. The molecule has 0 bridgehead atoms. The highest BCUT2D eigenvalue weighted by atomic mass is 35.5. The number of anilines is 1. The Labute approximate surface area is 119 Å². The molecule has 2 aromatic carbocycles. The van der Waals surface area contributed by atoms with Crippen LogP contribution < -0.4 is 10.1 Å². The molecule has 1 unspecified atom stereocenters. The summed E-state index contributed by atoms with van der Waals surface area (Å²) < 4.78 is 5.44. The number of hydrogen-bond donors (Lipinski definition) is 1. The van der Waals surface area contributed by atoms with E-state index in [1.807, 2.05) is 43.3 Å². The summed E-state index contributed by atoms with van der Waals surface area (Å²) in [5.41, 5.74) is 2.23. The summed E-state index contributed by atoms with van der Waals surface area (Å²) in [4.78, 5) is 0. The lowest BCUT2D eigenvalue weighted by molar-refractivity contribution is 0.340. The van der Waals surface area contributed by atoms with Gasteiger partial charge in [-0.25, -0.2) is 0 Å². The third kappa shape index (κ3) is 3.90. The molecule has 1 atom stereocenters. The first-order valence-electron chi connectivity index (χ1n) is 6.44. The van der Waals surface area contributed by atoms with Gasteiger partial charge in [0.15, 0.2) is 0 Å². The largest absolute Gasteiger partial charge is 0.494 e. The highest BCUT2D eigenvalue weighted by molar-refractivity contribution is 6.30. The van der Waals surface area contributed by atoms with Crippen molar-refractivity contribution >= 4 is 17.3 Å². The zero-order valence-electron chi connectivity index (χ0n) is 11.2. The molecule has 3 heteroatoms. The predicted octanol–water partition coefficient (Wildman–Crippen LogP) is 4.91. The first kappa shape index (κ1) is 13.8. The van der Waals surface area contributed by atoms with Crippen molar-refractivity contribution in [3.8, 4) is 5.75 Å². The maximum Gasteiger partial charge on any atom is 0.119 e. The van der Waals surface area contributed by atoms with Crippen LogP contribution >= 0.6 is 11.6 Å². The van der Waals surface area contributed by atoms with Gasteiger partial charge in [-0.3, -0.25) is 0 Å². The normalized spacial score (nSPS) is 11.9. The van der Waals surface area contributed by atoms with Crippen LogP contribution in [0.4, 0.5) is 5.69 Å². The summed E-state index contributed by atoms with van der Waals surface area (Å²) in [5, 5.41) is 4.16. The molecule has 0 aromatic heterocycles. The van der Waals surface area contributed by atoms with Crippen LogP contribution in [0.2, 0.25) is 5.02 Å². The van der Waals surface area contributed by atoms with Gasteiger partial charge in [-0.2, -0.15) is 0 Å². The summed E-state index contributed by atoms with van der Waals surface area (Å²) in [5.74, 6) is 0.904. The smallest absolute Gasteiger partial charge is 0.119 e. The summed E-state index contributed by atoms with van der Waals surface area (Å²) in [6, 6.07) is 16.1. The average molecular weight is 276 g/mol. The Bertz CT molecular complexity index is 525. The molecule has 0 saturated carbocycles. The van der Waals surface area contributed by atoms with Gasteiger partial charge in [-0.05, 0) is 49.7 Å². The summed E-state index contributed by atoms with van der Waals surface area (Å²) in [6.07, 6.45) is 0. The third-order valence-corrected chi connectivity index (χ3v) is 3.13. The van der Waals surface area contributed by atoms with Gasteiger partial charge in [-0.15, -0.1) is 0 Å². The molecular formula is C16H18ClNO. The lowest BCUT2D eigenvalue weighted by Crippen LogP contribution is -2.06. The second-order valence-corrected chi connectivity index (χ2v) is 4.81. The maximum absolute atomic E-state index is 5.97. The van der Waals surface area contributed by atoms with Gasteiger partial charge in [0.05, 0.1) is 6.61 Å². The van der Waals surface area contributed by atoms with E-state index in [1.54, 1.807) is 0 Å². The molecule has 0 radical (unpaired) electrons. The second-order valence-electron chi connectivity index (χ2n) is 4.38. The highest BCUT2D eigenvalue weighted by Gasteiger charge is 2.05. The highest BCUT2D eigenvalue weighted by Crippen LogP contribution is 2.23. The second kappa shape index (κ2) is 6.48. The van der Waals surface area contributed by atoms with Crippen molar-refractivity contribution in [3.05, 3.63) is 59.1 Å². The Morgan fingerprint density at radius 1 is 1.16 bits per heavy atom. The van der Waals surface area contributed by atoms with Crippen LogP contribution in [0.15, 0.2) is 48.5 Å². The van der Waals surface area contributed by atoms with Gasteiger partial charge in [0, 0.05) is 16.8 Å². The lowest BCUT2D eigenvalue weighted by Gasteiger charge is -2.16. The van der Waals surface area contributed by atoms with Crippen molar-refractivity contribution in [2.45, 2.75) is 19.9 Å². The Kier molecular flexibility index (Phi) is 4.69. The van der Waals surface area contributed by atoms with E-state index >= 15 is 0 Å². The van der Waals surface area contributed by atoms with Crippen molar-refractivity contribution in [2.75, 3.05) is 11.9 Å². The maximum atomic E-state index is 5.97. The molecule has 0 saturated heterocycles. The molecule has 19 heavy (non-hydrogen) atoms. The molecule has 2 nitrogen and oxygen atoms in total. The molecule has 0 spiro atoms. The Morgan fingerprint density at radius 2 is 1.89 bits per heavy atom. The van der Waals surface area contributed by atoms with E-state index in [0.29, 0.717) is 6.61 Å². The first-order chi connectivity index (χ1) is 9.19. The molecule has 1 N–H and O–H groups in total. The number of benzene rings is 2. The van der Waals surface area contributed by atoms with Crippen molar-refractivity contribution in [2.24, 2.45) is 0 Å². The Balaban J connectivity index is 2.05. The topological polar surface area (TPSA) is 21.3 Å². The van der Waals surface area contributed by atoms with E-state index < -0.39 is 0 Å². The minimum absolute atomic E-state index is 0.217. The SMILES string of the molecule is CCOc1ccc(C(C)Nc2cccc(Cl)c2)cc1. The standard InChI is InChI=1S/C16H18ClNO/c1-3-19-16-9-7-13(8-10-16)12(2)18-15-6-4-5-14(17)11-15/h4-12,18H,3H2,1-2H3. The lowest BCUT2D eigenvalue weighted by atomic mass is 10.1. The zero-order chi connectivity index (χ0) is 13.7. The molecule has 0 aliphatic rings. The van der Waals surface area contributed by atoms with Gasteiger partial charge >= 0.3 is 0 Å². The molecular weight excluding hydrogens is 258 g/mol. The van der Waals surface area contributed by atoms with Gasteiger partial charge in [-0.1, -0.05) is 29.8 Å². The van der Waals surface area contributed by atoms with Crippen LogP contribution in [0.1, 0.15) is 25.5 Å². The van der Waals surface area contributed by atoms with Crippen molar-refractivity contribution in [1.82, 2.24) is 0 Å². The van der Waals surface area contributed by atoms with Crippen LogP contribution in [-0.4, -0.2) is 6.61 Å². The summed E-state index contributed by atoms with van der Waals surface area (Å²) in [7, 11) is 0. The number of nitrogens with one attached hydrogen (secondary N) is 1. The monoisotopic (exact) mass is 275 g/mol. The molecule has 2 aromatic rings. The Hall–Kier alpha value is -1.67. The fraction of sp³-hybridized carbons (Fsp3) is 0.250. The number of hydrogen-bond acceptors (Lipinski definition) is 2. The van der Waals surface area contributed by atoms with E-state index in [2.05, 4.69) is 24.4 Å². The molecule has 0 aliphatic carbocycles. The third-order valence-electron chi connectivity index (χ3n) is 2.90. The molecule has 0 amide bonds. The minimum Gasteiger partial charge on any atom is -0.494 e. The van der Waals surface area contributed by atoms with Crippen molar-refractivity contribution < 1.29 is 4.74 Å². The van der Waals surface area contributed by atoms with Crippen LogP contribution in [0, 0.1) is 0 Å². The molecule has 2 rings (SSSR count). The van der Waals surface area contributed by atoms with Gasteiger partial charge in [0.2, 0.25) is 0 Å². The van der Waals surface area contributed by atoms with Gasteiger partial charge in [0.25, 0.3) is 0 Å². The van der Waals surface area contributed by atoms with E-state index in [-0.39, 0.29) is 6.04 Å². The first-order valence-corrected chi connectivity index (χ1v) is 6.81. The van der Waals surface area contributed by atoms with Crippen molar-refractivity contribution in [1.29, 1.82) is 0 Å². The number of ether oxygens (including phenoxy) is 1. The zero-order valence-corrected chi connectivity index (χ0v) is 11.9. The van der Waals surface area contributed by atoms with Crippen LogP contribution in [0.25, 0.3) is 0 Å². The fourth-order valence-electron chi connectivity index (χ4n) is 1.93. The molecule has 0 fully saturated rings. The fourth-order valence-corrected chi connectivity index (χ4v) is 2.12. The number of halogens is 1. The van der Waals surface area contributed by atoms with Crippen molar-refractivity contribution in [3.63, 3.8) is 0 Å². The quantitative estimate of drug-likeness (QED) is 0.837. The van der Waals surface area contributed by atoms with Gasteiger partial charge < -0.3 is 10.1 Å². The average Bonchev–Trinajstić information content (AvgIpc) is 2.40. The summed E-state index contributed by atoms with van der Waals surface area (Å²) >= 11 is 5.97.